The number of phenols is 1. The second kappa shape index (κ2) is 9.08. The minimum absolute atomic E-state index is 0.0186. The standard InChI is InChI=1S/C24H25N3O4S/c1-4-31-19-11-15(9-10-18(19)28)17-12-20(29)25-22-21(17)23(30)26-24(27(22)3)32-13-16-8-6-5-7-14(16)2/h5-11,17,28H,4,12-13H2,1-3H3,(H,25,29). The van der Waals surface area contributed by atoms with Crippen molar-refractivity contribution in [2.75, 3.05) is 11.9 Å². The highest BCUT2D eigenvalue weighted by Crippen LogP contribution is 2.39. The van der Waals surface area contributed by atoms with Crippen molar-refractivity contribution in [2.24, 2.45) is 7.05 Å². The summed E-state index contributed by atoms with van der Waals surface area (Å²) in [6.07, 6.45) is 0.121. The molecule has 2 heterocycles. The highest BCUT2D eigenvalue weighted by molar-refractivity contribution is 7.98. The summed E-state index contributed by atoms with van der Waals surface area (Å²) >= 11 is 1.46. The van der Waals surface area contributed by atoms with E-state index in [0.717, 1.165) is 5.56 Å². The molecule has 0 bridgehead atoms. The molecule has 2 aromatic carbocycles. The van der Waals surface area contributed by atoms with Crippen LogP contribution < -0.4 is 15.6 Å². The number of thioether (sulfide) groups is 1. The molecule has 2 N–H and O–H groups in total. The Hall–Kier alpha value is -3.26. The highest BCUT2D eigenvalue weighted by atomic mass is 32.2. The Morgan fingerprint density at radius 1 is 1.25 bits per heavy atom. The molecule has 0 saturated heterocycles. The van der Waals surface area contributed by atoms with Gasteiger partial charge < -0.3 is 19.7 Å². The first kappa shape index (κ1) is 22.0. The number of rotatable bonds is 6. The van der Waals surface area contributed by atoms with Gasteiger partial charge in [-0.25, -0.2) is 0 Å². The summed E-state index contributed by atoms with van der Waals surface area (Å²) < 4.78 is 7.26. The second-order valence-corrected chi connectivity index (χ2v) is 8.64. The third-order valence-corrected chi connectivity index (χ3v) is 6.68. The van der Waals surface area contributed by atoms with E-state index in [9.17, 15) is 14.7 Å². The second-order valence-electron chi connectivity index (χ2n) is 7.70. The van der Waals surface area contributed by atoms with Gasteiger partial charge in [-0.1, -0.05) is 42.1 Å². The van der Waals surface area contributed by atoms with Gasteiger partial charge in [0.05, 0.1) is 12.2 Å². The van der Waals surface area contributed by atoms with Gasteiger partial charge in [-0.2, -0.15) is 4.98 Å². The van der Waals surface area contributed by atoms with Crippen LogP contribution >= 0.6 is 11.8 Å². The van der Waals surface area contributed by atoms with Gasteiger partial charge in [0.15, 0.2) is 16.7 Å². The number of carbonyl (C=O) groups excluding carboxylic acids is 1. The Labute approximate surface area is 190 Å². The molecule has 32 heavy (non-hydrogen) atoms. The van der Waals surface area contributed by atoms with Crippen molar-refractivity contribution >= 4 is 23.5 Å². The van der Waals surface area contributed by atoms with Crippen molar-refractivity contribution in [1.82, 2.24) is 9.55 Å². The zero-order valence-corrected chi connectivity index (χ0v) is 19.0. The van der Waals surface area contributed by atoms with Gasteiger partial charge >= 0.3 is 0 Å². The first-order chi connectivity index (χ1) is 15.4. The van der Waals surface area contributed by atoms with E-state index < -0.39 is 5.92 Å². The number of carbonyl (C=O) groups is 1. The first-order valence-electron chi connectivity index (χ1n) is 10.4. The molecule has 4 rings (SSSR count). The van der Waals surface area contributed by atoms with Crippen LogP contribution in [0.1, 0.15) is 41.5 Å². The Balaban J connectivity index is 1.72. The third-order valence-electron chi connectivity index (χ3n) is 5.60. The van der Waals surface area contributed by atoms with Crippen molar-refractivity contribution in [3.8, 4) is 11.5 Å². The Kier molecular flexibility index (Phi) is 6.23. The number of hydrogen-bond donors (Lipinski definition) is 2. The van der Waals surface area contributed by atoms with Crippen molar-refractivity contribution in [1.29, 1.82) is 0 Å². The zero-order valence-electron chi connectivity index (χ0n) is 18.2. The summed E-state index contributed by atoms with van der Waals surface area (Å²) in [7, 11) is 1.80. The quantitative estimate of drug-likeness (QED) is 0.435. The van der Waals surface area contributed by atoms with Gasteiger partial charge in [-0.15, -0.1) is 0 Å². The molecule has 0 aliphatic carbocycles. The lowest BCUT2D eigenvalue weighted by atomic mass is 9.86. The molecule has 0 radical (unpaired) electrons. The zero-order chi connectivity index (χ0) is 22.8. The number of hydrogen-bond acceptors (Lipinski definition) is 6. The maximum atomic E-state index is 13.1. The first-order valence-corrected chi connectivity index (χ1v) is 11.4. The van der Waals surface area contributed by atoms with Crippen LogP contribution in [-0.2, 0) is 17.6 Å². The maximum Gasteiger partial charge on any atom is 0.279 e. The highest BCUT2D eigenvalue weighted by Gasteiger charge is 2.32. The van der Waals surface area contributed by atoms with E-state index in [4.69, 9.17) is 4.74 Å². The Morgan fingerprint density at radius 3 is 2.78 bits per heavy atom. The molecule has 8 heteroatoms. The molecule has 0 saturated carbocycles. The molecular formula is C24H25N3O4S. The molecule has 1 aromatic heterocycles. The van der Waals surface area contributed by atoms with E-state index >= 15 is 0 Å². The number of amides is 1. The van der Waals surface area contributed by atoms with Crippen LogP contribution in [0.25, 0.3) is 0 Å². The maximum absolute atomic E-state index is 13.1. The van der Waals surface area contributed by atoms with Gasteiger partial charge in [0.25, 0.3) is 5.56 Å². The number of benzene rings is 2. The molecule has 166 valence electrons. The largest absolute Gasteiger partial charge is 0.504 e. The summed E-state index contributed by atoms with van der Waals surface area (Å²) in [5.74, 6) is 0.825. The van der Waals surface area contributed by atoms with E-state index in [2.05, 4.69) is 16.4 Å². The smallest absolute Gasteiger partial charge is 0.279 e. The van der Waals surface area contributed by atoms with E-state index in [1.54, 1.807) is 23.7 Å². The van der Waals surface area contributed by atoms with E-state index in [1.165, 1.54) is 29.0 Å². The predicted octanol–water partition coefficient (Wildman–Crippen LogP) is 3.96. The van der Waals surface area contributed by atoms with Crippen LogP contribution in [0.15, 0.2) is 52.4 Å². The number of fused-ring (bicyclic) bond motifs is 1. The van der Waals surface area contributed by atoms with Gasteiger partial charge in [0, 0.05) is 25.1 Å². The molecule has 0 spiro atoms. The van der Waals surface area contributed by atoms with E-state index in [1.807, 2.05) is 32.0 Å². The molecular weight excluding hydrogens is 426 g/mol. The normalized spacial score (nSPS) is 15.2. The van der Waals surface area contributed by atoms with Crippen LogP contribution in [0.3, 0.4) is 0 Å². The molecule has 7 nitrogen and oxygen atoms in total. The van der Waals surface area contributed by atoms with E-state index in [0.29, 0.717) is 34.6 Å². The minimum atomic E-state index is -0.472. The number of phenolic OH excluding ortho intramolecular Hbond substituents is 1. The van der Waals surface area contributed by atoms with Gasteiger partial charge in [-0.3, -0.25) is 9.59 Å². The van der Waals surface area contributed by atoms with Crippen LogP contribution in [0.4, 0.5) is 5.82 Å². The summed E-state index contributed by atoms with van der Waals surface area (Å²) in [6, 6.07) is 13.0. The predicted molar refractivity (Wildman–Crippen MR) is 125 cm³/mol. The van der Waals surface area contributed by atoms with Gasteiger partial charge in [0.2, 0.25) is 5.91 Å². The fourth-order valence-corrected chi connectivity index (χ4v) is 4.92. The third kappa shape index (κ3) is 4.23. The monoisotopic (exact) mass is 451 g/mol. The number of aromatic hydroxyl groups is 1. The lowest BCUT2D eigenvalue weighted by molar-refractivity contribution is -0.116. The number of aromatic nitrogens is 2. The lowest BCUT2D eigenvalue weighted by Crippen LogP contribution is -2.33. The SMILES string of the molecule is CCOc1cc(C2CC(=O)Nc3c2c(=O)nc(SCc2ccccc2C)n3C)ccc1O. The lowest BCUT2D eigenvalue weighted by Gasteiger charge is -2.27. The average Bonchev–Trinajstić information content (AvgIpc) is 2.77. The van der Waals surface area contributed by atoms with Crippen LogP contribution in [0.5, 0.6) is 11.5 Å². The molecule has 1 atom stereocenters. The van der Waals surface area contributed by atoms with Crippen molar-refractivity contribution < 1.29 is 14.6 Å². The van der Waals surface area contributed by atoms with Crippen molar-refractivity contribution in [3.05, 3.63) is 75.1 Å². The number of nitrogens with zero attached hydrogens (tertiary/aromatic N) is 2. The molecule has 1 unspecified atom stereocenters. The molecule has 1 aliphatic heterocycles. The van der Waals surface area contributed by atoms with Crippen LogP contribution in [-0.4, -0.2) is 27.2 Å². The van der Waals surface area contributed by atoms with Crippen LogP contribution in [0, 0.1) is 6.92 Å². The van der Waals surface area contributed by atoms with E-state index in [-0.39, 0.29) is 23.6 Å². The molecule has 1 amide bonds. The molecule has 1 aliphatic rings. The minimum Gasteiger partial charge on any atom is -0.504 e. The van der Waals surface area contributed by atoms with Crippen molar-refractivity contribution in [2.45, 2.75) is 37.1 Å². The van der Waals surface area contributed by atoms with Gasteiger partial charge in [-0.05, 0) is 42.7 Å². The number of aryl methyl sites for hydroxylation is 1. The fraction of sp³-hybridized carbons (Fsp3) is 0.292. The van der Waals surface area contributed by atoms with Crippen molar-refractivity contribution in [3.63, 3.8) is 0 Å². The topological polar surface area (TPSA) is 93.5 Å². The summed E-state index contributed by atoms with van der Waals surface area (Å²) in [5.41, 5.74) is 3.15. The fourth-order valence-electron chi connectivity index (χ4n) is 3.88. The number of anilines is 1. The van der Waals surface area contributed by atoms with Crippen LogP contribution in [0.2, 0.25) is 0 Å². The molecule has 0 fully saturated rings. The summed E-state index contributed by atoms with van der Waals surface area (Å²) in [6.45, 7) is 4.27. The average molecular weight is 452 g/mol. The summed E-state index contributed by atoms with van der Waals surface area (Å²) in [5, 5.41) is 13.4. The Bertz CT molecular complexity index is 1240. The summed E-state index contributed by atoms with van der Waals surface area (Å²) in [4.78, 5) is 30.0. The Morgan fingerprint density at radius 2 is 2.03 bits per heavy atom. The molecule has 3 aromatic rings. The number of nitrogens with one attached hydrogen (secondary N) is 1. The van der Waals surface area contributed by atoms with Gasteiger partial charge in [0.1, 0.15) is 5.82 Å². The number of ether oxygens (including phenoxy) is 1.